The van der Waals surface area contributed by atoms with Gasteiger partial charge in [0.15, 0.2) is 0 Å². The number of benzene rings is 16. The molecule has 8 saturated carbocycles. The van der Waals surface area contributed by atoms with E-state index in [9.17, 15) is 0 Å². The first-order valence-corrected chi connectivity index (χ1v) is 45.6. The molecule has 576 valence electrons. The number of hydrogen-bond acceptors (Lipinski definition) is 4. The molecule has 2 nitrogen and oxygen atoms in total. The molecule has 0 aliphatic heterocycles. The van der Waals surface area contributed by atoms with Crippen LogP contribution in [0.2, 0.25) is 0 Å². The van der Waals surface area contributed by atoms with E-state index in [1.54, 1.807) is 22.3 Å². The van der Waals surface area contributed by atoms with Gasteiger partial charge in [0.25, 0.3) is 0 Å². The first-order chi connectivity index (χ1) is 59.4. The van der Waals surface area contributed by atoms with Crippen LogP contribution in [0.4, 0.5) is 34.1 Å². The smallest absolute Gasteiger partial charge is 0.0554 e. The van der Waals surface area contributed by atoms with E-state index in [0.29, 0.717) is 0 Å². The SMILES string of the molecule is c1ccc(-c2ccc(N(c3ccc(-c4ccccc4)cc3)c3ccc4c(c3)sc3cc(-c5cccc6c5C5(c7ccccc7-6)C6CC7CC(C6)CC5C7)ccc34)cc2)cc1.c1ccc(-c2ccc(N(c3ccc(-c4ccccc4)cc3)c3cccc4sc5c(-c6cccc7c6-c6ccccc6C76C7CC8CC(C7)CC6C8)cccc5c34)cc2)cc1. The molecular weight excluding hydrogens is 1490 g/mol. The van der Waals surface area contributed by atoms with Crippen molar-refractivity contribution in [2.75, 3.05) is 9.80 Å². The lowest BCUT2D eigenvalue weighted by Crippen LogP contribution is -2.55. The maximum atomic E-state index is 2.54. The Morgan fingerprint density at radius 1 is 0.225 bits per heavy atom. The standard InChI is InChI=1S/2C58H45NS/c1-3-12-39(13-4-1)41-24-28-45(29-25-41)59(46-30-26-42(27-31-46)40-14-5-2-6-15-40)53-22-11-23-54-56(53)50-19-9-18-48(57(50)60-54)47-17-10-21-52-55(47)49-16-7-8-20-51(49)58(52)43-33-37-32-38(35-43)36-44(58)34-37;1-3-10-39(11-4-1)41-18-23-46(24-19-41)59(47-25-20-42(21-26-47)40-12-5-2-6-13-40)48-27-29-52-51-28-22-43(35-55(51)60-56(52)36-48)49-15-9-16-53-50-14-7-8-17-54(50)58(57(49)53)44-31-37-30-38(33-44)34-45(58)32-37/h1-31,37-38,43-44H,32-36H2;1-29,35-38,44-45H,30-34H2. The van der Waals surface area contributed by atoms with Gasteiger partial charge in [-0.3, -0.25) is 0 Å². The highest BCUT2D eigenvalue weighted by Crippen LogP contribution is 2.73. The summed E-state index contributed by atoms with van der Waals surface area (Å²) in [7, 11) is 0. The van der Waals surface area contributed by atoms with Crippen molar-refractivity contribution in [1.29, 1.82) is 0 Å². The molecule has 28 rings (SSSR count). The van der Waals surface area contributed by atoms with Crippen LogP contribution in [0, 0.1) is 47.3 Å². The van der Waals surface area contributed by atoms with Crippen LogP contribution in [0.25, 0.3) is 129 Å². The van der Waals surface area contributed by atoms with Crippen molar-refractivity contribution in [3.05, 3.63) is 398 Å². The van der Waals surface area contributed by atoms with Crippen LogP contribution in [0.5, 0.6) is 0 Å². The van der Waals surface area contributed by atoms with Crippen LogP contribution >= 0.6 is 22.7 Å². The highest BCUT2D eigenvalue weighted by molar-refractivity contribution is 7.26. The third-order valence-electron chi connectivity index (χ3n) is 30.1. The van der Waals surface area contributed by atoms with Gasteiger partial charge in [-0.25, -0.2) is 0 Å². The molecule has 0 unspecified atom stereocenters. The Bertz CT molecular complexity index is 6800. The fourth-order valence-electron chi connectivity index (χ4n) is 25.8. The molecule has 0 amide bonds. The van der Waals surface area contributed by atoms with Crippen molar-refractivity contribution >= 4 is 97.1 Å². The van der Waals surface area contributed by atoms with Gasteiger partial charge in [-0.2, -0.15) is 0 Å². The molecule has 2 aromatic heterocycles. The molecule has 120 heavy (non-hydrogen) atoms. The van der Waals surface area contributed by atoms with Crippen molar-refractivity contribution in [2.45, 2.75) is 75.0 Å². The summed E-state index contributed by atoms with van der Waals surface area (Å²) in [5.74, 6) is 6.72. The summed E-state index contributed by atoms with van der Waals surface area (Å²) >= 11 is 3.89. The van der Waals surface area contributed by atoms with Crippen molar-refractivity contribution in [1.82, 2.24) is 0 Å². The predicted octanol–water partition coefficient (Wildman–Crippen LogP) is 32.5. The van der Waals surface area contributed by atoms with E-state index >= 15 is 0 Å². The second kappa shape index (κ2) is 28.1. The molecule has 16 aromatic carbocycles. The summed E-state index contributed by atoms with van der Waals surface area (Å²) in [4.78, 5) is 4.88. The van der Waals surface area contributed by atoms with Crippen LogP contribution in [0.3, 0.4) is 0 Å². The highest BCUT2D eigenvalue weighted by Gasteiger charge is 2.64. The minimum Gasteiger partial charge on any atom is -0.310 e. The minimum absolute atomic E-state index is 0.141. The van der Waals surface area contributed by atoms with Gasteiger partial charge in [0.05, 0.1) is 5.69 Å². The van der Waals surface area contributed by atoms with Crippen LogP contribution in [-0.4, -0.2) is 0 Å². The summed E-state index contributed by atoms with van der Waals surface area (Å²) in [6.07, 6.45) is 14.2. The number of hydrogen-bond donors (Lipinski definition) is 0. The van der Waals surface area contributed by atoms with Gasteiger partial charge in [-0.1, -0.05) is 297 Å². The molecule has 18 aromatic rings. The first kappa shape index (κ1) is 70.6. The van der Waals surface area contributed by atoms with Crippen molar-refractivity contribution in [3.8, 4) is 89.0 Å². The number of fused-ring (bicyclic) bond motifs is 12. The van der Waals surface area contributed by atoms with Gasteiger partial charge >= 0.3 is 0 Å². The van der Waals surface area contributed by atoms with Crippen LogP contribution in [-0.2, 0) is 10.8 Å². The topological polar surface area (TPSA) is 6.48 Å². The number of anilines is 6. The largest absolute Gasteiger partial charge is 0.310 e. The zero-order valence-electron chi connectivity index (χ0n) is 67.2. The summed E-state index contributed by atoms with van der Waals surface area (Å²) in [5, 5.41) is 5.30. The molecule has 2 heterocycles. The molecule has 2 spiro atoms. The van der Waals surface area contributed by atoms with Gasteiger partial charge in [0.1, 0.15) is 0 Å². The van der Waals surface area contributed by atoms with Gasteiger partial charge in [0.2, 0.25) is 0 Å². The van der Waals surface area contributed by atoms with Crippen LogP contribution in [0.1, 0.15) is 86.5 Å². The Morgan fingerprint density at radius 2 is 0.600 bits per heavy atom. The van der Waals surface area contributed by atoms with Crippen molar-refractivity contribution in [3.63, 3.8) is 0 Å². The Hall–Kier alpha value is -12.4. The van der Waals surface area contributed by atoms with E-state index in [1.807, 2.05) is 22.7 Å². The van der Waals surface area contributed by atoms with Gasteiger partial charge in [0, 0.05) is 85.2 Å². The van der Waals surface area contributed by atoms with Crippen LogP contribution in [0.15, 0.2) is 376 Å². The summed E-state index contributed by atoms with van der Waals surface area (Å²) in [5.41, 5.74) is 35.1. The monoisotopic (exact) mass is 1570 g/mol. The molecule has 0 atom stereocenters. The third-order valence-corrected chi connectivity index (χ3v) is 32.5. The van der Waals surface area contributed by atoms with Gasteiger partial charge < -0.3 is 9.80 Å². The molecule has 8 fully saturated rings. The Balaban J connectivity index is 0.000000133. The normalized spacial score (nSPS) is 22.1. The van der Waals surface area contributed by atoms with E-state index in [2.05, 4.69) is 386 Å². The average Bonchev–Trinajstić information content (AvgIpc) is 1.49. The second-order valence-corrected chi connectivity index (χ2v) is 38.3. The molecule has 0 radical (unpaired) electrons. The van der Waals surface area contributed by atoms with Gasteiger partial charge in [-0.05, 0) is 296 Å². The maximum absolute atomic E-state index is 2.54. The molecule has 10 aliphatic rings. The summed E-state index contributed by atoms with van der Waals surface area (Å²) in [6, 6.07) is 141. The van der Waals surface area contributed by atoms with E-state index in [0.717, 1.165) is 75.8 Å². The number of thiophene rings is 2. The van der Waals surface area contributed by atoms with Gasteiger partial charge in [-0.15, -0.1) is 22.7 Å². The third kappa shape index (κ3) is 11.0. The average molecular weight is 1580 g/mol. The van der Waals surface area contributed by atoms with Crippen molar-refractivity contribution < 1.29 is 0 Å². The molecule has 4 heteroatoms. The fourth-order valence-corrected chi connectivity index (χ4v) is 28.2. The molecule has 10 aliphatic carbocycles. The lowest BCUT2D eigenvalue weighted by Gasteiger charge is -2.61. The number of rotatable bonds is 12. The summed E-state index contributed by atoms with van der Waals surface area (Å²) in [6.45, 7) is 0. The summed E-state index contributed by atoms with van der Waals surface area (Å²) < 4.78 is 5.36. The lowest BCUT2D eigenvalue weighted by atomic mass is 9.42. The zero-order valence-corrected chi connectivity index (χ0v) is 68.8. The van der Waals surface area contributed by atoms with E-state index in [1.165, 1.54) is 199 Å². The predicted molar refractivity (Wildman–Crippen MR) is 507 cm³/mol. The Kier molecular flexibility index (Phi) is 16.5. The minimum atomic E-state index is 0.141. The van der Waals surface area contributed by atoms with Crippen molar-refractivity contribution in [2.24, 2.45) is 47.3 Å². The maximum Gasteiger partial charge on any atom is 0.0554 e. The first-order valence-electron chi connectivity index (χ1n) is 44.0. The molecule has 0 saturated heterocycles. The van der Waals surface area contributed by atoms with E-state index < -0.39 is 0 Å². The number of nitrogens with zero attached hydrogens (tertiary/aromatic N) is 2. The molecular formula is C116H90N2S2. The van der Waals surface area contributed by atoms with E-state index in [4.69, 9.17) is 0 Å². The van der Waals surface area contributed by atoms with Crippen LogP contribution < -0.4 is 9.80 Å². The molecule has 0 N–H and O–H groups in total. The Morgan fingerprint density at radius 3 is 1.13 bits per heavy atom. The highest BCUT2D eigenvalue weighted by atomic mass is 32.1. The quantitative estimate of drug-likeness (QED) is 0.120. The fraction of sp³-hybridized carbons (Fsp3) is 0.172. The zero-order chi connectivity index (χ0) is 78.7. The van der Waals surface area contributed by atoms with E-state index in [-0.39, 0.29) is 10.8 Å². The Labute approximate surface area is 711 Å². The second-order valence-electron chi connectivity index (χ2n) is 36.1. The lowest BCUT2D eigenvalue weighted by molar-refractivity contribution is -0.0399. The molecule has 8 bridgehead atoms.